The quantitative estimate of drug-likeness (QED) is 0.534. The lowest BCUT2D eigenvalue weighted by molar-refractivity contribution is -0.0267. The van der Waals surface area contributed by atoms with Crippen LogP contribution < -0.4 is 10.2 Å². The summed E-state index contributed by atoms with van der Waals surface area (Å²) in [6, 6.07) is 5.86. The molecule has 2 aromatic heterocycles. The molecule has 160 valence electrons. The van der Waals surface area contributed by atoms with Crippen molar-refractivity contribution in [3.05, 3.63) is 64.6 Å². The molecule has 0 unspecified atom stereocenters. The Morgan fingerprint density at radius 3 is 2.87 bits per heavy atom. The monoisotopic (exact) mass is 432 g/mol. The molecule has 0 aliphatic carbocycles. The summed E-state index contributed by atoms with van der Waals surface area (Å²) < 4.78 is 30.9. The van der Waals surface area contributed by atoms with Gasteiger partial charge in [-0.1, -0.05) is 12.1 Å². The van der Waals surface area contributed by atoms with Crippen LogP contribution in [0, 0.1) is 0 Å². The fraction of sp³-hybridized carbons (Fsp3) is 0.429. The SMILES string of the molecule is CN/C(C)=C(\C=C\Cc1cccnc1N1CC(F)(F)C1)SN1CCn2nccc2C1. The van der Waals surface area contributed by atoms with Gasteiger partial charge in [-0.3, -0.25) is 4.68 Å². The molecule has 0 aromatic carbocycles. The van der Waals surface area contributed by atoms with Crippen molar-refractivity contribution in [2.24, 2.45) is 0 Å². The van der Waals surface area contributed by atoms with E-state index in [2.05, 4.69) is 44.8 Å². The van der Waals surface area contributed by atoms with Gasteiger partial charge in [0.2, 0.25) is 0 Å². The van der Waals surface area contributed by atoms with Crippen LogP contribution in [0.2, 0.25) is 0 Å². The fourth-order valence-electron chi connectivity index (χ4n) is 3.56. The summed E-state index contributed by atoms with van der Waals surface area (Å²) in [6.07, 6.45) is 8.32. The number of pyridine rings is 1. The highest BCUT2D eigenvalue weighted by Crippen LogP contribution is 2.33. The van der Waals surface area contributed by atoms with Crippen molar-refractivity contribution in [3.63, 3.8) is 0 Å². The lowest BCUT2D eigenvalue weighted by atomic mass is 10.1. The van der Waals surface area contributed by atoms with E-state index < -0.39 is 5.92 Å². The van der Waals surface area contributed by atoms with Crippen LogP contribution in [0.5, 0.6) is 0 Å². The minimum Gasteiger partial charge on any atom is -0.391 e. The van der Waals surface area contributed by atoms with Gasteiger partial charge in [-0.25, -0.2) is 18.1 Å². The third-order valence-electron chi connectivity index (χ3n) is 5.29. The van der Waals surface area contributed by atoms with Crippen molar-refractivity contribution in [3.8, 4) is 0 Å². The van der Waals surface area contributed by atoms with Gasteiger partial charge in [0.25, 0.3) is 5.92 Å². The molecule has 0 saturated carbocycles. The maximum Gasteiger partial charge on any atom is 0.282 e. The molecule has 1 saturated heterocycles. The lowest BCUT2D eigenvalue weighted by Crippen LogP contribution is -2.57. The van der Waals surface area contributed by atoms with Crippen molar-refractivity contribution in [2.75, 3.05) is 31.6 Å². The van der Waals surface area contributed by atoms with Gasteiger partial charge in [0.15, 0.2) is 0 Å². The first-order valence-corrected chi connectivity index (χ1v) is 10.8. The van der Waals surface area contributed by atoms with E-state index >= 15 is 0 Å². The third kappa shape index (κ3) is 4.67. The second kappa shape index (κ2) is 8.77. The van der Waals surface area contributed by atoms with Crippen LogP contribution in [-0.4, -0.2) is 51.7 Å². The highest BCUT2D eigenvalue weighted by Gasteiger charge is 2.44. The number of nitrogens with one attached hydrogen (secondary N) is 1. The Hall–Kier alpha value is -2.39. The molecule has 1 N–H and O–H groups in total. The molecule has 0 amide bonds. The Morgan fingerprint density at radius 2 is 2.10 bits per heavy atom. The molecule has 9 heteroatoms. The maximum atomic E-state index is 13.3. The van der Waals surface area contributed by atoms with Crippen LogP contribution in [0.3, 0.4) is 0 Å². The molecule has 30 heavy (non-hydrogen) atoms. The number of halogens is 2. The maximum absolute atomic E-state index is 13.3. The van der Waals surface area contributed by atoms with Crippen molar-refractivity contribution in [2.45, 2.75) is 32.4 Å². The Morgan fingerprint density at radius 1 is 1.27 bits per heavy atom. The number of allylic oxidation sites excluding steroid dienone is 3. The average Bonchev–Trinajstić information content (AvgIpc) is 3.19. The largest absolute Gasteiger partial charge is 0.391 e. The topological polar surface area (TPSA) is 49.2 Å². The van der Waals surface area contributed by atoms with Gasteiger partial charge in [-0.15, -0.1) is 0 Å². The van der Waals surface area contributed by atoms with Crippen molar-refractivity contribution in [1.29, 1.82) is 0 Å². The minimum absolute atomic E-state index is 0.258. The molecular weight excluding hydrogens is 406 g/mol. The van der Waals surface area contributed by atoms with E-state index in [1.165, 1.54) is 5.69 Å². The summed E-state index contributed by atoms with van der Waals surface area (Å²) in [4.78, 5) is 7.11. The normalized spacial score (nSPS) is 19.4. The summed E-state index contributed by atoms with van der Waals surface area (Å²) in [5, 5.41) is 7.57. The molecule has 4 heterocycles. The van der Waals surface area contributed by atoms with Crippen molar-refractivity contribution >= 4 is 17.8 Å². The van der Waals surface area contributed by atoms with Crippen LogP contribution in [-0.2, 0) is 19.5 Å². The van der Waals surface area contributed by atoms with Crippen LogP contribution in [0.15, 0.2) is 53.3 Å². The van der Waals surface area contributed by atoms with Crippen LogP contribution in [0.25, 0.3) is 0 Å². The lowest BCUT2D eigenvalue weighted by Gasteiger charge is -2.40. The number of hydrogen-bond acceptors (Lipinski definition) is 6. The molecular formula is C21H26F2N6S. The first-order valence-electron chi connectivity index (χ1n) is 10.0. The Kier molecular flexibility index (Phi) is 6.10. The first kappa shape index (κ1) is 20.9. The zero-order valence-corrected chi connectivity index (χ0v) is 18.0. The van der Waals surface area contributed by atoms with Crippen LogP contribution >= 0.6 is 11.9 Å². The van der Waals surface area contributed by atoms with E-state index in [1.807, 2.05) is 30.1 Å². The zero-order valence-electron chi connectivity index (χ0n) is 17.2. The van der Waals surface area contributed by atoms with Gasteiger partial charge in [0, 0.05) is 36.6 Å². The summed E-state index contributed by atoms with van der Waals surface area (Å²) in [5.74, 6) is -1.95. The predicted molar refractivity (Wildman–Crippen MR) is 116 cm³/mol. The van der Waals surface area contributed by atoms with E-state index in [9.17, 15) is 8.78 Å². The van der Waals surface area contributed by atoms with Gasteiger partial charge in [0.05, 0.1) is 31.9 Å². The van der Waals surface area contributed by atoms with Crippen molar-refractivity contribution < 1.29 is 8.78 Å². The zero-order chi connectivity index (χ0) is 21.1. The third-order valence-corrected chi connectivity index (χ3v) is 6.50. The van der Waals surface area contributed by atoms with Gasteiger partial charge in [0.1, 0.15) is 5.82 Å². The number of alkyl halides is 2. The molecule has 2 aliphatic rings. The smallest absolute Gasteiger partial charge is 0.282 e. The molecule has 0 radical (unpaired) electrons. The van der Waals surface area contributed by atoms with Gasteiger partial charge >= 0.3 is 0 Å². The second-order valence-corrected chi connectivity index (χ2v) is 8.68. The van der Waals surface area contributed by atoms with Gasteiger partial charge in [-0.2, -0.15) is 5.10 Å². The number of anilines is 1. The molecule has 2 aromatic rings. The Labute approximate surface area is 179 Å². The number of nitrogens with zero attached hydrogens (tertiary/aromatic N) is 5. The van der Waals surface area contributed by atoms with Gasteiger partial charge in [-0.05, 0) is 49.1 Å². The van der Waals surface area contributed by atoms with E-state index in [0.29, 0.717) is 12.2 Å². The molecule has 2 aliphatic heterocycles. The number of fused-ring (bicyclic) bond motifs is 1. The van der Waals surface area contributed by atoms with E-state index in [1.54, 1.807) is 23.0 Å². The number of hydrogen-bond donors (Lipinski definition) is 1. The van der Waals surface area contributed by atoms with E-state index in [-0.39, 0.29) is 13.1 Å². The molecule has 4 rings (SSSR count). The number of rotatable bonds is 7. The first-order chi connectivity index (χ1) is 14.4. The summed E-state index contributed by atoms with van der Waals surface area (Å²) >= 11 is 1.72. The summed E-state index contributed by atoms with van der Waals surface area (Å²) in [7, 11) is 1.91. The molecule has 0 spiro atoms. The molecule has 1 fully saturated rings. The van der Waals surface area contributed by atoms with E-state index in [0.717, 1.165) is 35.8 Å². The second-order valence-electron chi connectivity index (χ2n) is 7.54. The summed E-state index contributed by atoms with van der Waals surface area (Å²) in [6.45, 7) is 4.18. The molecule has 6 nitrogen and oxygen atoms in total. The predicted octanol–water partition coefficient (Wildman–Crippen LogP) is 3.45. The van der Waals surface area contributed by atoms with E-state index in [4.69, 9.17) is 0 Å². The van der Waals surface area contributed by atoms with Crippen LogP contribution in [0.1, 0.15) is 18.2 Å². The van der Waals surface area contributed by atoms with Gasteiger partial charge < -0.3 is 10.2 Å². The van der Waals surface area contributed by atoms with Crippen LogP contribution in [0.4, 0.5) is 14.6 Å². The minimum atomic E-state index is -2.61. The standard InChI is InChI=1S/C21H26F2N6S/c1-16(24-2)19(30-28-11-12-29-18(13-28)8-10-26-29)7-3-5-17-6-4-9-25-20(17)27-14-21(22,23)15-27/h3-4,6-10,24H,5,11-15H2,1-2H3/b7-3+,19-16+. The highest BCUT2D eigenvalue weighted by molar-refractivity contribution is 8.01. The molecule has 0 atom stereocenters. The summed E-state index contributed by atoms with van der Waals surface area (Å²) in [5.41, 5.74) is 3.26. The Bertz CT molecular complexity index is 946. The highest BCUT2D eigenvalue weighted by atomic mass is 32.2. The Balaban J connectivity index is 1.42. The molecule has 0 bridgehead atoms. The van der Waals surface area contributed by atoms with Crippen molar-refractivity contribution in [1.82, 2.24) is 24.4 Å². The fourth-order valence-corrected chi connectivity index (χ4v) is 4.60. The number of aromatic nitrogens is 3. The average molecular weight is 433 g/mol.